The van der Waals surface area contributed by atoms with Crippen molar-refractivity contribution in [1.29, 1.82) is 0 Å². The summed E-state index contributed by atoms with van der Waals surface area (Å²) in [6.07, 6.45) is 3.96. The van der Waals surface area contributed by atoms with Crippen LogP contribution in [0.25, 0.3) is 5.69 Å². The van der Waals surface area contributed by atoms with E-state index in [0.29, 0.717) is 0 Å². The SMILES string of the molecule is COc1ccc(C2c3cccn3-c3ccccc3N2C(=O)CN(C(C)=O)C2CC2)cc1. The number of fused-ring (bicyclic) bond motifs is 3. The van der Waals surface area contributed by atoms with Gasteiger partial charge in [0.15, 0.2) is 0 Å². The second-order valence-corrected chi connectivity index (χ2v) is 8.11. The van der Waals surface area contributed by atoms with Gasteiger partial charge in [0, 0.05) is 19.2 Å². The summed E-state index contributed by atoms with van der Waals surface area (Å²) in [7, 11) is 1.64. The van der Waals surface area contributed by atoms with E-state index in [9.17, 15) is 9.59 Å². The molecular weight excluding hydrogens is 390 g/mol. The lowest BCUT2D eigenvalue weighted by atomic mass is 9.97. The number of nitrogens with zero attached hydrogens (tertiary/aromatic N) is 3. The molecule has 1 saturated carbocycles. The number of carbonyl (C=O) groups excluding carboxylic acids is 2. The molecule has 3 aromatic rings. The van der Waals surface area contributed by atoms with Gasteiger partial charge in [-0.25, -0.2) is 0 Å². The first-order valence-electron chi connectivity index (χ1n) is 10.6. The Morgan fingerprint density at radius 1 is 1.00 bits per heavy atom. The molecular formula is C25H25N3O3. The summed E-state index contributed by atoms with van der Waals surface area (Å²) in [6.45, 7) is 1.63. The lowest BCUT2D eigenvalue weighted by Gasteiger charge is -2.39. The van der Waals surface area contributed by atoms with Crippen LogP contribution in [-0.2, 0) is 9.59 Å². The van der Waals surface area contributed by atoms with Crippen LogP contribution in [0.2, 0.25) is 0 Å². The minimum absolute atomic E-state index is 0.0504. The fourth-order valence-corrected chi connectivity index (χ4v) is 4.47. The fourth-order valence-electron chi connectivity index (χ4n) is 4.47. The number of carbonyl (C=O) groups is 2. The molecule has 2 aliphatic rings. The van der Waals surface area contributed by atoms with E-state index in [1.54, 1.807) is 18.9 Å². The van der Waals surface area contributed by atoms with Gasteiger partial charge in [0.05, 0.1) is 24.2 Å². The standard InChI is InChI=1S/C25H25N3O3/c1-17(29)27(19-11-12-19)16-24(30)28-22-7-4-3-6-21(22)26-15-5-8-23(26)25(28)18-9-13-20(31-2)14-10-18/h3-10,13-15,19,25H,11-12,16H2,1-2H3. The van der Waals surface area contributed by atoms with Crippen LogP contribution in [0.5, 0.6) is 5.75 Å². The Morgan fingerprint density at radius 2 is 1.71 bits per heavy atom. The maximum absolute atomic E-state index is 13.7. The highest BCUT2D eigenvalue weighted by Gasteiger charge is 2.39. The maximum Gasteiger partial charge on any atom is 0.247 e. The van der Waals surface area contributed by atoms with Gasteiger partial charge in [-0.3, -0.25) is 14.5 Å². The van der Waals surface area contributed by atoms with Crippen molar-refractivity contribution in [1.82, 2.24) is 9.47 Å². The average Bonchev–Trinajstić information content (AvgIpc) is 3.51. The molecule has 0 saturated heterocycles. The van der Waals surface area contributed by atoms with Gasteiger partial charge in [-0.15, -0.1) is 0 Å². The third kappa shape index (κ3) is 3.38. The van der Waals surface area contributed by atoms with Crippen LogP contribution in [0, 0.1) is 0 Å². The number of ether oxygens (including phenoxy) is 1. The van der Waals surface area contributed by atoms with Crippen molar-refractivity contribution in [2.75, 3.05) is 18.6 Å². The molecule has 1 unspecified atom stereocenters. The molecule has 0 spiro atoms. The van der Waals surface area contributed by atoms with Crippen LogP contribution >= 0.6 is 0 Å². The maximum atomic E-state index is 13.7. The van der Waals surface area contributed by atoms with Gasteiger partial charge in [-0.1, -0.05) is 24.3 Å². The molecule has 1 aromatic heterocycles. The number of para-hydroxylation sites is 2. The van der Waals surface area contributed by atoms with Crippen LogP contribution < -0.4 is 9.64 Å². The molecule has 2 heterocycles. The third-order valence-electron chi connectivity index (χ3n) is 6.12. The number of anilines is 1. The second kappa shape index (κ2) is 7.61. The van der Waals surface area contributed by atoms with E-state index in [2.05, 4.69) is 10.6 Å². The molecule has 1 atom stereocenters. The molecule has 0 radical (unpaired) electrons. The summed E-state index contributed by atoms with van der Waals surface area (Å²) < 4.78 is 7.46. The number of aromatic nitrogens is 1. The molecule has 6 heteroatoms. The Kier molecular flexibility index (Phi) is 4.77. The van der Waals surface area contributed by atoms with Gasteiger partial charge in [0.2, 0.25) is 11.8 Å². The number of rotatable bonds is 5. The van der Waals surface area contributed by atoms with E-state index in [-0.39, 0.29) is 30.4 Å². The zero-order valence-corrected chi connectivity index (χ0v) is 17.7. The predicted octanol–water partition coefficient (Wildman–Crippen LogP) is 3.93. The molecule has 31 heavy (non-hydrogen) atoms. The molecule has 1 aliphatic heterocycles. The second-order valence-electron chi connectivity index (χ2n) is 8.11. The zero-order chi connectivity index (χ0) is 21.5. The zero-order valence-electron chi connectivity index (χ0n) is 17.7. The molecule has 158 valence electrons. The highest BCUT2D eigenvalue weighted by atomic mass is 16.5. The van der Waals surface area contributed by atoms with Crippen LogP contribution in [0.4, 0.5) is 5.69 Å². The van der Waals surface area contributed by atoms with E-state index < -0.39 is 0 Å². The molecule has 2 amide bonds. The number of hydrogen-bond donors (Lipinski definition) is 0. The lowest BCUT2D eigenvalue weighted by Crippen LogP contribution is -2.47. The molecule has 0 bridgehead atoms. The first-order chi connectivity index (χ1) is 15.1. The van der Waals surface area contributed by atoms with Gasteiger partial charge in [-0.05, 0) is 54.8 Å². The van der Waals surface area contributed by atoms with E-state index >= 15 is 0 Å². The van der Waals surface area contributed by atoms with Gasteiger partial charge in [-0.2, -0.15) is 0 Å². The normalized spacial score (nSPS) is 17.0. The topological polar surface area (TPSA) is 54.8 Å². The van der Waals surface area contributed by atoms with Gasteiger partial charge in [0.25, 0.3) is 0 Å². The molecule has 0 N–H and O–H groups in total. The molecule has 1 aliphatic carbocycles. The van der Waals surface area contributed by atoms with Crippen LogP contribution in [0.1, 0.15) is 37.1 Å². The first-order valence-corrected chi connectivity index (χ1v) is 10.6. The summed E-state index contributed by atoms with van der Waals surface area (Å²) in [5.41, 5.74) is 3.81. The van der Waals surface area contributed by atoms with Crippen molar-refractivity contribution in [3.05, 3.63) is 78.1 Å². The highest BCUT2D eigenvalue weighted by molar-refractivity contribution is 6.00. The summed E-state index contributed by atoms with van der Waals surface area (Å²) in [5, 5.41) is 0. The molecule has 5 rings (SSSR count). The van der Waals surface area contributed by atoms with Crippen molar-refractivity contribution < 1.29 is 14.3 Å². The van der Waals surface area contributed by atoms with Crippen molar-refractivity contribution in [2.45, 2.75) is 31.8 Å². The highest BCUT2D eigenvalue weighted by Crippen LogP contribution is 2.42. The number of methoxy groups -OCH3 is 1. The molecule has 6 nitrogen and oxygen atoms in total. The molecule has 2 aromatic carbocycles. The van der Waals surface area contributed by atoms with E-state index in [4.69, 9.17) is 4.74 Å². The van der Waals surface area contributed by atoms with Gasteiger partial charge in [0.1, 0.15) is 18.3 Å². The smallest absolute Gasteiger partial charge is 0.247 e. The summed E-state index contributed by atoms with van der Waals surface area (Å²) >= 11 is 0. The van der Waals surface area contributed by atoms with E-state index in [0.717, 1.165) is 41.2 Å². The Balaban J connectivity index is 1.61. The summed E-state index contributed by atoms with van der Waals surface area (Å²) in [5.74, 6) is 0.637. The minimum Gasteiger partial charge on any atom is -0.497 e. The third-order valence-corrected chi connectivity index (χ3v) is 6.12. The molecule has 1 fully saturated rings. The van der Waals surface area contributed by atoms with Gasteiger partial charge < -0.3 is 14.2 Å². The largest absolute Gasteiger partial charge is 0.497 e. The predicted molar refractivity (Wildman–Crippen MR) is 119 cm³/mol. The quantitative estimate of drug-likeness (QED) is 0.634. The van der Waals surface area contributed by atoms with E-state index in [1.807, 2.05) is 65.7 Å². The van der Waals surface area contributed by atoms with Crippen LogP contribution in [-0.4, -0.2) is 41.0 Å². The number of amides is 2. The van der Waals surface area contributed by atoms with Crippen LogP contribution in [0.3, 0.4) is 0 Å². The van der Waals surface area contributed by atoms with E-state index in [1.165, 1.54) is 0 Å². The Morgan fingerprint density at radius 3 is 2.35 bits per heavy atom. The minimum atomic E-state index is -0.295. The Labute approximate surface area is 181 Å². The van der Waals surface area contributed by atoms with Crippen LogP contribution in [0.15, 0.2) is 66.9 Å². The number of benzene rings is 2. The van der Waals surface area contributed by atoms with Crippen molar-refractivity contribution in [3.63, 3.8) is 0 Å². The Hall–Kier alpha value is -3.54. The summed E-state index contributed by atoms with van der Waals surface area (Å²) in [6, 6.07) is 19.7. The summed E-state index contributed by atoms with van der Waals surface area (Å²) in [4.78, 5) is 29.5. The average molecular weight is 415 g/mol. The Bertz CT molecular complexity index is 1130. The monoisotopic (exact) mass is 415 g/mol. The van der Waals surface area contributed by atoms with Gasteiger partial charge >= 0.3 is 0 Å². The first kappa shape index (κ1) is 19.4. The van der Waals surface area contributed by atoms with Crippen molar-refractivity contribution >= 4 is 17.5 Å². The fraction of sp³-hybridized carbons (Fsp3) is 0.280. The van der Waals surface area contributed by atoms with Crippen molar-refractivity contribution in [2.24, 2.45) is 0 Å². The van der Waals surface area contributed by atoms with Crippen molar-refractivity contribution in [3.8, 4) is 11.4 Å². The number of hydrogen-bond acceptors (Lipinski definition) is 3. The lowest BCUT2D eigenvalue weighted by molar-refractivity contribution is -0.134.